The lowest BCUT2D eigenvalue weighted by Gasteiger charge is -2.23. The Morgan fingerprint density at radius 3 is 2.83 bits per heavy atom. The van der Waals surface area contributed by atoms with Crippen LogP contribution in [0.5, 0.6) is 0 Å². The standard InChI is InChI=1S/C13H16N4O/c14-11-3-1-2-10(8-11)13-16-12(17-18-13)9-4-6-15-7-5-9/h4-7,10-11H,1-3,8,14H2. The predicted molar refractivity (Wildman–Crippen MR) is 66.7 cm³/mol. The molecule has 2 atom stereocenters. The molecule has 1 aliphatic carbocycles. The van der Waals surface area contributed by atoms with Crippen molar-refractivity contribution in [1.82, 2.24) is 15.1 Å². The summed E-state index contributed by atoms with van der Waals surface area (Å²) < 4.78 is 5.37. The minimum atomic E-state index is 0.264. The van der Waals surface area contributed by atoms with Crippen LogP contribution in [-0.2, 0) is 0 Å². The third-order valence-electron chi connectivity index (χ3n) is 3.44. The monoisotopic (exact) mass is 244 g/mol. The van der Waals surface area contributed by atoms with Crippen molar-refractivity contribution in [2.24, 2.45) is 5.73 Å². The first kappa shape index (κ1) is 11.3. The van der Waals surface area contributed by atoms with E-state index in [4.69, 9.17) is 10.3 Å². The third kappa shape index (κ3) is 2.26. The van der Waals surface area contributed by atoms with Crippen molar-refractivity contribution in [2.45, 2.75) is 37.6 Å². The zero-order valence-corrected chi connectivity index (χ0v) is 10.1. The number of aromatic nitrogens is 3. The van der Waals surface area contributed by atoms with E-state index in [9.17, 15) is 0 Å². The predicted octanol–water partition coefficient (Wildman–Crippen LogP) is 2.12. The van der Waals surface area contributed by atoms with Crippen LogP contribution >= 0.6 is 0 Å². The van der Waals surface area contributed by atoms with Gasteiger partial charge in [-0.3, -0.25) is 4.98 Å². The molecule has 1 fully saturated rings. The van der Waals surface area contributed by atoms with Crippen LogP contribution < -0.4 is 5.73 Å². The fourth-order valence-corrected chi connectivity index (χ4v) is 2.47. The van der Waals surface area contributed by atoms with E-state index in [1.807, 2.05) is 12.1 Å². The van der Waals surface area contributed by atoms with Crippen molar-refractivity contribution < 1.29 is 4.52 Å². The summed E-state index contributed by atoms with van der Waals surface area (Å²) in [4.78, 5) is 8.45. The maximum Gasteiger partial charge on any atom is 0.230 e. The molecule has 0 radical (unpaired) electrons. The Morgan fingerprint density at radius 2 is 2.06 bits per heavy atom. The number of hydrogen-bond acceptors (Lipinski definition) is 5. The molecule has 0 aromatic carbocycles. The fourth-order valence-electron chi connectivity index (χ4n) is 2.47. The molecule has 2 aromatic heterocycles. The molecule has 1 aliphatic rings. The van der Waals surface area contributed by atoms with Gasteiger partial charge in [0.1, 0.15) is 0 Å². The van der Waals surface area contributed by atoms with Crippen LogP contribution in [0.3, 0.4) is 0 Å². The highest BCUT2D eigenvalue weighted by molar-refractivity contribution is 5.52. The van der Waals surface area contributed by atoms with Gasteiger partial charge in [0.05, 0.1) is 0 Å². The summed E-state index contributed by atoms with van der Waals surface area (Å²) >= 11 is 0. The van der Waals surface area contributed by atoms with E-state index in [0.29, 0.717) is 11.7 Å². The van der Waals surface area contributed by atoms with Crippen molar-refractivity contribution in [1.29, 1.82) is 0 Å². The normalized spacial score (nSPS) is 24.1. The van der Waals surface area contributed by atoms with Crippen molar-refractivity contribution >= 4 is 0 Å². The molecule has 0 saturated heterocycles. The fraction of sp³-hybridized carbons (Fsp3) is 0.462. The molecule has 5 heteroatoms. The van der Waals surface area contributed by atoms with Gasteiger partial charge >= 0.3 is 0 Å². The first-order valence-electron chi connectivity index (χ1n) is 6.32. The van der Waals surface area contributed by atoms with Gasteiger partial charge in [0, 0.05) is 29.9 Å². The van der Waals surface area contributed by atoms with Crippen molar-refractivity contribution in [2.75, 3.05) is 0 Å². The Balaban J connectivity index is 1.81. The molecule has 94 valence electrons. The molecular weight excluding hydrogens is 228 g/mol. The highest BCUT2D eigenvalue weighted by atomic mass is 16.5. The van der Waals surface area contributed by atoms with Gasteiger partial charge in [0.15, 0.2) is 0 Å². The molecule has 0 spiro atoms. The number of nitrogens with two attached hydrogens (primary N) is 1. The molecular formula is C13H16N4O. The molecule has 3 rings (SSSR count). The first-order valence-corrected chi connectivity index (χ1v) is 6.32. The molecule has 0 amide bonds. The van der Waals surface area contributed by atoms with Crippen LogP contribution in [0, 0.1) is 0 Å². The Bertz CT molecular complexity index is 511. The van der Waals surface area contributed by atoms with Crippen LogP contribution in [0.25, 0.3) is 11.4 Å². The maximum absolute atomic E-state index is 5.98. The lowest BCUT2D eigenvalue weighted by molar-refractivity contribution is 0.299. The summed E-state index contributed by atoms with van der Waals surface area (Å²) in [6, 6.07) is 4.02. The van der Waals surface area contributed by atoms with E-state index < -0.39 is 0 Å². The molecule has 1 saturated carbocycles. The first-order chi connectivity index (χ1) is 8.83. The van der Waals surface area contributed by atoms with Gasteiger partial charge in [-0.25, -0.2) is 0 Å². The molecule has 5 nitrogen and oxygen atoms in total. The Labute approximate surface area is 105 Å². The van der Waals surface area contributed by atoms with Gasteiger partial charge in [-0.15, -0.1) is 0 Å². The zero-order valence-electron chi connectivity index (χ0n) is 10.1. The SMILES string of the molecule is NC1CCCC(c2nc(-c3ccncc3)no2)C1. The largest absolute Gasteiger partial charge is 0.339 e. The van der Waals surface area contributed by atoms with Gasteiger partial charge in [0.2, 0.25) is 11.7 Å². The summed E-state index contributed by atoms with van der Waals surface area (Å²) in [5, 5.41) is 4.03. The summed E-state index contributed by atoms with van der Waals surface area (Å²) in [7, 11) is 0. The van der Waals surface area contributed by atoms with Gasteiger partial charge in [0.25, 0.3) is 0 Å². The maximum atomic E-state index is 5.98. The minimum absolute atomic E-state index is 0.264. The molecule has 2 N–H and O–H groups in total. The average molecular weight is 244 g/mol. The van der Waals surface area contributed by atoms with Crippen LogP contribution in [0.1, 0.15) is 37.5 Å². The summed E-state index contributed by atoms with van der Waals surface area (Å²) in [6.45, 7) is 0. The van der Waals surface area contributed by atoms with Crippen LogP contribution in [0.15, 0.2) is 29.0 Å². The second-order valence-corrected chi connectivity index (χ2v) is 4.82. The lowest BCUT2D eigenvalue weighted by Crippen LogP contribution is -2.26. The average Bonchev–Trinajstić information content (AvgIpc) is 2.89. The van der Waals surface area contributed by atoms with Gasteiger partial charge in [-0.2, -0.15) is 4.98 Å². The van der Waals surface area contributed by atoms with Gasteiger partial charge in [-0.05, 0) is 31.4 Å². The zero-order chi connectivity index (χ0) is 12.4. The highest BCUT2D eigenvalue weighted by Gasteiger charge is 2.25. The van der Waals surface area contributed by atoms with Crippen molar-refractivity contribution in [3.8, 4) is 11.4 Å². The number of nitrogens with zero attached hydrogens (tertiary/aromatic N) is 3. The van der Waals surface area contributed by atoms with E-state index in [2.05, 4.69) is 15.1 Å². The van der Waals surface area contributed by atoms with E-state index in [-0.39, 0.29) is 6.04 Å². The molecule has 2 aromatic rings. The second kappa shape index (κ2) is 4.86. The molecule has 2 unspecified atom stereocenters. The Morgan fingerprint density at radius 1 is 1.22 bits per heavy atom. The van der Waals surface area contributed by atoms with Crippen LogP contribution in [0.4, 0.5) is 0 Å². The number of hydrogen-bond donors (Lipinski definition) is 1. The van der Waals surface area contributed by atoms with E-state index >= 15 is 0 Å². The summed E-state index contributed by atoms with van der Waals surface area (Å²) in [5.41, 5.74) is 6.91. The van der Waals surface area contributed by atoms with Crippen LogP contribution in [0.2, 0.25) is 0 Å². The van der Waals surface area contributed by atoms with E-state index in [0.717, 1.165) is 37.1 Å². The second-order valence-electron chi connectivity index (χ2n) is 4.82. The molecule has 0 bridgehead atoms. The van der Waals surface area contributed by atoms with Gasteiger partial charge in [-0.1, -0.05) is 11.6 Å². The minimum Gasteiger partial charge on any atom is -0.339 e. The third-order valence-corrected chi connectivity index (χ3v) is 3.44. The molecule has 18 heavy (non-hydrogen) atoms. The topological polar surface area (TPSA) is 77.8 Å². The number of pyridine rings is 1. The molecule has 2 heterocycles. The Hall–Kier alpha value is -1.75. The quantitative estimate of drug-likeness (QED) is 0.875. The van der Waals surface area contributed by atoms with Crippen molar-refractivity contribution in [3.05, 3.63) is 30.4 Å². The van der Waals surface area contributed by atoms with Crippen molar-refractivity contribution in [3.63, 3.8) is 0 Å². The van der Waals surface area contributed by atoms with Crippen LogP contribution in [-0.4, -0.2) is 21.2 Å². The van der Waals surface area contributed by atoms with Gasteiger partial charge < -0.3 is 10.3 Å². The number of rotatable bonds is 2. The smallest absolute Gasteiger partial charge is 0.230 e. The lowest BCUT2D eigenvalue weighted by atomic mass is 9.86. The highest BCUT2D eigenvalue weighted by Crippen LogP contribution is 2.31. The van der Waals surface area contributed by atoms with E-state index in [1.54, 1.807) is 12.4 Å². The Kier molecular flexibility index (Phi) is 3.06. The molecule has 0 aliphatic heterocycles. The summed E-state index contributed by atoms with van der Waals surface area (Å²) in [6.07, 6.45) is 7.72. The van der Waals surface area contributed by atoms with E-state index in [1.165, 1.54) is 0 Å². The summed E-state index contributed by atoms with van der Waals surface area (Å²) in [5.74, 6) is 1.67.